The fourth-order valence-electron chi connectivity index (χ4n) is 4.66. The molecule has 4 heterocycles. The van der Waals surface area contributed by atoms with Gasteiger partial charge >= 0.3 is 0 Å². The number of hydrogen-bond donors (Lipinski definition) is 1. The molecule has 1 atom stereocenters. The van der Waals surface area contributed by atoms with Crippen molar-refractivity contribution in [1.29, 1.82) is 0 Å². The lowest BCUT2D eigenvalue weighted by Crippen LogP contribution is -2.25. The van der Waals surface area contributed by atoms with E-state index in [0.717, 1.165) is 47.8 Å². The fraction of sp³-hybridized carbons (Fsp3) is 0.320. The van der Waals surface area contributed by atoms with Gasteiger partial charge in [0.2, 0.25) is 0 Å². The predicted molar refractivity (Wildman–Crippen MR) is 125 cm³/mol. The smallest absolute Gasteiger partial charge is 0.133 e. The summed E-state index contributed by atoms with van der Waals surface area (Å²) in [5, 5.41) is 8.22. The second-order valence-electron chi connectivity index (χ2n) is 8.60. The van der Waals surface area contributed by atoms with Gasteiger partial charge in [-0.15, -0.1) is 0 Å². The van der Waals surface area contributed by atoms with Gasteiger partial charge in [-0.25, -0.2) is 4.98 Å². The third-order valence-electron chi connectivity index (χ3n) is 6.09. The Morgan fingerprint density at radius 3 is 2.77 bits per heavy atom. The molecular formula is C25H28N6. The van der Waals surface area contributed by atoms with Gasteiger partial charge in [0.05, 0.1) is 23.4 Å². The van der Waals surface area contributed by atoms with Crippen molar-refractivity contribution in [3.8, 4) is 11.1 Å². The Hall–Kier alpha value is -3.25. The number of aromatic amines is 1. The molecule has 0 spiro atoms. The van der Waals surface area contributed by atoms with Crippen LogP contribution in [0.1, 0.15) is 35.8 Å². The zero-order chi connectivity index (χ0) is 21.4. The van der Waals surface area contributed by atoms with E-state index in [2.05, 4.69) is 77.4 Å². The van der Waals surface area contributed by atoms with Crippen molar-refractivity contribution >= 4 is 16.7 Å². The number of anilines is 1. The molecule has 0 amide bonds. The van der Waals surface area contributed by atoms with E-state index < -0.39 is 0 Å². The van der Waals surface area contributed by atoms with E-state index in [0.29, 0.717) is 6.04 Å². The highest BCUT2D eigenvalue weighted by atomic mass is 15.2. The number of fused-ring (bicyclic) bond motifs is 1. The summed E-state index contributed by atoms with van der Waals surface area (Å²) in [6, 6.07) is 15.3. The summed E-state index contributed by atoms with van der Waals surface area (Å²) in [5.41, 5.74) is 6.77. The minimum absolute atomic E-state index is 0.312. The molecule has 6 heteroatoms. The molecule has 1 fully saturated rings. The van der Waals surface area contributed by atoms with Crippen LogP contribution in [0.4, 0.5) is 5.82 Å². The first-order valence-corrected chi connectivity index (χ1v) is 10.9. The summed E-state index contributed by atoms with van der Waals surface area (Å²) in [7, 11) is 4.14. The zero-order valence-corrected chi connectivity index (χ0v) is 18.3. The maximum Gasteiger partial charge on any atom is 0.133 e. The highest BCUT2D eigenvalue weighted by Gasteiger charge is 2.28. The van der Waals surface area contributed by atoms with E-state index in [1.807, 2.05) is 18.5 Å². The maximum absolute atomic E-state index is 4.95. The molecule has 5 rings (SSSR count). The maximum atomic E-state index is 4.95. The van der Waals surface area contributed by atoms with Crippen molar-refractivity contribution in [3.05, 3.63) is 71.8 Å². The first kappa shape index (κ1) is 19.7. The molecule has 1 aliphatic heterocycles. The third-order valence-corrected chi connectivity index (χ3v) is 6.09. The van der Waals surface area contributed by atoms with E-state index in [-0.39, 0.29) is 0 Å². The lowest BCUT2D eigenvalue weighted by atomic mass is 10.0. The number of rotatable bonds is 5. The predicted octanol–water partition coefficient (Wildman–Crippen LogP) is 4.73. The molecule has 1 aromatic carbocycles. The van der Waals surface area contributed by atoms with Crippen LogP contribution in [-0.4, -0.2) is 45.7 Å². The number of aromatic nitrogens is 4. The number of nitrogens with one attached hydrogen (secondary N) is 1. The lowest BCUT2D eigenvalue weighted by molar-refractivity contribution is 0.244. The van der Waals surface area contributed by atoms with Crippen LogP contribution in [0.25, 0.3) is 22.0 Å². The first-order chi connectivity index (χ1) is 15.1. The van der Waals surface area contributed by atoms with Gasteiger partial charge < -0.3 is 4.90 Å². The minimum atomic E-state index is 0.312. The number of aryl methyl sites for hydroxylation is 1. The number of para-hydroxylation sites is 1. The summed E-state index contributed by atoms with van der Waals surface area (Å²) in [6.45, 7) is 4.01. The van der Waals surface area contributed by atoms with Gasteiger partial charge in [0.15, 0.2) is 0 Å². The Kier molecular flexibility index (Phi) is 5.16. The highest BCUT2D eigenvalue weighted by Crippen LogP contribution is 2.35. The standard InChI is InChI=1S/C25H28N6/c1-17-11-19(21-14-26-27-15-21)13-23(28-17)24-9-6-10-31(24)16-20-12-18-7-4-5-8-22(18)29-25(20)30(2)3/h4-5,7-8,11-15,24H,6,9-10,16H2,1-3H3,(H,26,27). The molecular weight excluding hydrogens is 384 g/mol. The zero-order valence-electron chi connectivity index (χ0n) is 18.3. The van der Waals surface area contributed by atoms with Crippen molar-refractivity contribution in [2.75, 3.05) is 25.5 Å². The van der Waals surface area contributed by atoms with Crippen LogP contribution in [0.5, 0.6) is 0 Å². The number of nitrogens with zero attached hydrogens (tertiary/aromatic N) is 5. The molecule has 1 saturated heterocycles. The van der Waals surface area contributed by atoms with Crippen LogP contribution in [0.15, 0.2) is 54.9 Å². The molecule has 0 bridgehead atoms. The topological polar surface area (TPSA) is 60.9 Å². The van der Waals surface area contributed by atoms with Crippen molar-refractivity contribution in [1.82, 2.24) is 25.1 Å². The second kappa shape index (κ2) is 8.12. The van der Waals surface area contributed by atoms with Crippen LogP contribution in [0.3, 0.4) is 0 Å². The molecule has 1 N–H and O–H groups in total. The Labute approximate surface area is 182 Å². The van der Waals surface area contributed by atoms with E-state index in [1.54, 1.807) is 0 Å². The van der Waals surface area contributed by atoms with Gasteiger partial charge in [0.25, 0.3) is 0 Å². The van der Waals surface area contributed by atoms with E-state index in [9.17, 15) is 0 Å². The van der Waals surface area contributed by atoms with Crippen LogP contribution in [-0.2, 0) is 6.54 Å². The van der Waals surface area contributed by atoms with Crippen LogP contribution in [0, 0.1) is 6.92 Å². The summed E-state index contributed by atoms with van der Waals surface area (Å²) in [5.74, 6) is 1.04. The quantitative estimate of drug-likeness (QED) is 0.513. The Bertz CT molecular complexity index is 1200. The van der Waals surface area contributed by atoms with E-state index >= 15 is 0 Å². The third kappa shape index (κ3) is 3.91. The number of hydrogen-bond acceptors (Lipinski definition) is 5. The Morgan fingerprint density at radius 1 is 1.10 bits per heavy atom. The molecule has 31 heavy (non-hydrogen) atoms. The number of pyridine rings is 2. The summed E-state index contributed by atoms with van der Waals surface area (Å²) < 4.78 is 0. The molecule has 0 saturated carbocycles. The Morgan fingerprint density at radius 2 is 1.97 bits per heavy atom. The molecule has 6 nitrogen and oxygen atoms in total. The molecule has 1 unspecified atom stereocenters. The van der Waals surface area contributed by atoms with Crippen LogP contribution < -0.4 is 4.90 Å². The van der Waals surface area contributed by atoms with E-state index in [1.165, 1.54) is 22.9 Å². The van der Waals surface area contributed by atoms with Gasteiger partial charge in [-0.05, 0) is 56.1 Å². The summed E-state index contributed by atoms with van der Waals surface area (Å²) >= 11 is 0. The molecule has 3 aromatic heterocycles. The monoisotopic (exact) mass is 412 g/mol. The largest absolute Gasteiger partial charge is 0.362 e. The molecule has 0 aliphatic carbocycles. The minimum Gasteiger partial charge on any atom is -0.362 e. The normalized spacial score (nSPS) is 16.8. The Balaban J connectivity index is 1.49. The van der Waals surface area contributed by atoms with Gasteiger partial charge in [0, 0.05) is 49.0 Å². The van der Waals surface area contributed by atoms with Gasteiger partial charge in [-0.3, -0.25) is 15.0 Å². The summed E-state index contributed by atoms with van der Waals surface area (Å²) in [6.07, 6.45) is 6.11. The van der Waals surface area contributed by atoms with Crippen molar-refractivity contribution in [3.63, 3.8) is 0 Å². The number of likely N-dealkylation sites (tertiary alicyclic amines) is 1. The highest BCUT2D eigenvalue weighted by molar-refractivity contribution is 5.81. The molecule has 0 radical (unpaired) electrons. The fourth-order valence-corrected chi connectivity index (χ4v) is 4.66. The molecule has 158 valence electrons. The van der Waals surface area contributed by atoms with Gasteiger partial charge in [-0.2, -0.15) is 5.10 Å². The average Bonchev–Trinajstić information content (AvgIpc) is 3.45. The van der Waals surface area contributed by atoms with Gasteiger partial charge in [0.1, 0.15) is 5.82 Å². The number of benzene rings is 1. The lowest BCUT2D eigenvalue weighted by Gasteiger charge is -2.27. The van der Waals surface area contributed by atoms with Gasteiger partial charge in [-0.1, -0.05) is 18.2 Å². The molecule has 4 aromatic rings. The summed E-state index contributed by atoms with van der Waals surface area (Å²) in [4.78, 5) is 14.6. The second-order valence-corrected chi connectivity index (χ2v) is 8.60. The van der Waals surface area contributed by atoms with Crippen molar-refractivity contribution < 1.29 is 0 Å². The van der Waals surface area contributed by atoms with Crippen molar-refractivity contribution in [2.24, 2.45) is 0 Å². The van der Waals surface area contributed by atoms with E-state index in [4.69, 9.17) is 9.97 Å². The van der Waals surface area contributed by atoms with Crippen molar-refractivity contribution in [2.45, 2.75) is 32.4 Å². The van der Waals surface area contributed by atoms with Crippen LogP contribution in [0.2, 0.25) is 0 Å². The average molecular weight is 413 g/mol. The van der Waals surface area contributed by atoms with Crippen LogP contribution >= 0.6 is 0 Å². The number of H-pyrrole nitrogens is 1. The molecule has 1 aliphatic rings. The SMILES string of the molecule is Cc1cc(-c2cn[nH]c2)cc(C2CCCN2Cc2cc3ccccc3nc2N(C)C)n1. The first-order valence-electron chi connectivity index (χ1n) is 10.9.